The number of carbonyl (C=O) groups excluding carboxylic acids is 1. The Morgan fingerprint density at radius 1 is 1.38 bits per heavy atom. The van der Waals surface area contributed by atoms with Gasteiger partial charge in [-0.1, -0.05) is 23.7 Å². The zero-order chi connectivity index (χ0) is 17.1. The van der Waals surface area contributed by atoms with Crippen LogP contribution in [0.5, 0.6) is 0 Å². The fourth-order valence-corrected chi connectivity index (χ4v) is 2.57. The molecule has 0 radical (unpaired) electrons. The molecule has 1 unspecified atom stereocenters. The second-order valence-corrected chi connectivity index (χ2v) is 5.91. The van der Waals surface area contributed by atoms with E-state index in [0.29, 0.717) is 11.6 Å². The minimum Gasteiger partial charge on any atom is -0.291 e. The Balaban J connectivity index is 1.65. The van der Waals surface area contributed by atoms with Crippen LogP contribution in [-0.2, 0) is 11.3 Å². The van der Waals surface area contributed by atoms with Crippen molar-refractivity contribution in [1.82, 2.24) is 24.5 Å². The molecule has 0 aliphatic heterocycles. The van der Waals surface area contributed by atoms with Crippen molar-refractivity contribution in [3.05, 3.63) is 59.1 Å². The third-order valence-electron chi connectivity index (χ3n) is 3.62. The average Bonchev–Trinajstić information content (AvgIpc) is 3.15. The van der Waals surface area contributed by atoms with Gasteiger partial charge in [0.15, 0.2) is 0 Å². The van der Waals surface area contributed by atoms with Crippen molar-refractivity contribution in [2.45, 2.75) is 26.4 Å². The highest BCUT2D eigenvalue weighted by atomic mass is 35.5. The summed E-state index contributed by atoms with van der Waals surface area (Å²) in [5.41, 5.74) is 1.92. The lowest BCUT2D eigenvalue weighted by molar-refractivity contribution is -0.119. The largest absolute Gasteiger partial charge is 0.291 e. The molecule has 24 heavy (non-hydrogen) atoms. The van der Waals surface area contributed by atoms with Crippen molar-refractivity contribution >= 4 is 23.5 Å². The summed E-state index contributed by atoms with van der Waals surface area (Å²) in [6, 6.07) is 8.92. The Labute approximate surface area is 144 Å². The first-order valence-corrected chi connectivity index (χ1v) is 7.85. The average molecular weight is 345 g/mol. The van der Waals surface area contributed by atoms with E-state index in [1.54, 1.807) is 28.8 Å². The van der Waals surface area contributed by atoms with Crippen LogP contribution >= 0.6 is 11.6 Å². The van der Waals surface area contributed by atoms with Gasteiger partial charge in [0.1, 0.15) is 12.4 Å². The number of aromatic nitrogens is 5. The highest BCUT2D eigenvalue weighted by Crippen LogP contribution is 2.13. The second kappa shape index (κ2) is 6.84. The lowest BCUT2D eigenvalue weighted by Crippen LogP contribution is -2.25. The number of rotatable bonds is 5. The molecule has 1 amide bonds. The number of anilines is 1. The number of hydrogen-bond acceptors (Lipinski definition) is 4. The van der Waals surface area contributed by atoms with Crippen LogP contribution < -0.4 is 5.32 Å². The van der Waals surface area contributed by atoms with Gasteiger partial charge in [0, 0.05) is 16.9 Å². The molecule has 0 bridgehead atoms. The third-order valence-corrected chi connectivity index (χ3v) is 3.85. The number of benzene rings is 1. The van der Waals surface area contributed by atoms with Gasteiger partial charge in [-0.05, 0) is 37.6 Å². The Hall–Kier alpha value is -2.67. The Morgan fingerprint density at radius 3 is 2.92 bits per heavy atom. The van der Waals surface area contributed by atoms with Gasteiger partial charge in [-0.2, -0.15) is 5.10 Å². The van der Waals surface area contributed by atoms with Crippen LogP contribution in [0.2, 0.25) is 5.02 Å². The SMILES string of the molecule is Cc1ccnn1C(C)C(=O)Nc1ncn(Cc2cccc(Cl)c2)n1. The number of carbonyl (C=O) groups is 1. The molecule has 0 saturated heterocycles. The quantitative estimate of drug-likeness (QED) is 0.772. The van der Waals surface area contributed by atoms with Crippen LogP contribution in [0.1, 0.15) is 24.2 Å². The third kappa shape index (κ3) is 3.62. The molecule has 8 heteroatoms. The fourth-order valence-electron chi connectivity index (χ4n) is 2.36. The van der Waals surface area contributed by atoms with E-state index in [2.05, 4.69) is 20.5 Å². The fraction of sp³-hybridized carbons (Fsp3) is 0.250. The summed E-state index contributed by atoms with van der Waals surface area (Å²) in [5.74, 6) is 0.0426. The van der Waals surface area contributed by atoms with Gasteiger partial charge in [0.25, 0.3) is 5.91 Å². The van der Waals surface area contributed by atoms with Gasteiger partial charge in [-0.3, -0.25) is 14.8 Å². The zero-order valence-corrected chi connectivity index (χ0v) is 14.1. The first kappa shape index (κ1) is 16.2. The predicted octanol–water partition coefficient (Wildman–Crippen LogP) is 2.68. The van der Waals surface area contributed by atoms with Crippen LogP contribution in [0.4, 0.5) is 5.95 Å². The topological polar surface area (TPSA) is 77.6 Å². The number of hydrogen-bond donors (Lipinski definition) is 1. The van der Waals surface area contributed by atoms with E-state index >= 15 is 0 Å². The van der Waals surface area contributed by atoms with Crippen LogP contribution in [0.15, 0.2) is 42.9 Å². The molecule has 3 rings (SSSR count). The normalized spacial score (nSPS) is 12.1. The van der Waals surface area contributed by atoms with Gasteiger partial charge in [-0.25, -0.2) is 9.67 Å². The summed E-state index contributed by atoms with van der Waals surface area (Å²) in [4.78, 5) is 16.4. The lowest BCUT2D eigenvalue weighted by atomic mass is 10.2. The lowest BCUT2D eigenvalue weighted by Gasteiger charge is -2.12. The highest BCUT2D eigenvalue weighted by molar-refractivity contribution is 6.30. The Bertz CT molecular complexity index is 856. The van der Waals surface area contributed by atoms with Crippen LogP contribution in [0, 0.1) is 6.92 Å². The standard InChI is InChI=1S/C16H17ClN6O/c1-11-6-7-19-23(11)12(2)15(24)20-16-18-10-22(21-16)9-13-4-3-5-14(17)8-13/h3-8,10,12H,9H2,1-2H3,(H,20,21,24). The van der Waals surface area contributed by atoms with Crippen molar-refractivity contribution in [3.8, 4) is 0 Å². The van der Waals surface area contributed by atoms with Crippen LogP contribution in [0.3, 0.4) is 0 Å². The predicted molar refractivity (Wildman–Crippen MR) is 90.9 cm³/mol. The number of nitrogens with zero attached hydrogens (tertiary/aromatic N) is 5. The van der Waals surface area contributed by atoms with E-state index in [-0.39, 0.29) is 11.9 Å². The molecule has 7 nitrogen and oxygen atoms in total. The van der Waals surface area contributed by atoms with E-state index < -0.39 is 6.04 Å². The van der Waals surface area contributed by atoms with E-state index in [0.717, 1.165) is 11.3 Å². The first-order valence-electron chi connectivity index (χ1n) is 7.48. The number of nitrogens with one attached hydrogen (secondary N) is 1. The summed E-state index contributed by atoms with van der Waals surface area (Å²) in [6.45, 7) is 4.20. The van der Waals surface area contributed by atoms with Crippen molar-refractivity contribution in [1.29, 1.82) is 0 Å². The molecule has 3 aromatic rings. The maximum atomic E-state index is 12.3. The molecule has 2 heterocycles. The van der Waals surface area contributed by atoms with Crippen molar-refractivity contribution in [2.75, 3.05) is 5.32 Å². The first-order chi connectivity index (χ1) is 11.5. The van der Waals surface area contributed by atoms with E-state index in [9.17, 15) is 4.79 Å². The summed E-state index contributed by atoms with van der Waals surface area (Å²) in [6.07, 6.45) is 3.23. The molecule has 0 fully saturated rings. The zero-order valence-electron chi connectivity index (χ0n) is 13.3. The van der Waals surface area contributed by atoms with Gasteiger partial charge >= 0.3 is 0 Å². The molecule has 1 aromatic carbocycles. The summed E-state index contributed by atoms with van der Waals surface area (Å²) >= 11 is 5.97. The molecule has 1 atom stereocenters. The maximum Gasteiger partial charge on any atom is 0.251 e. The Kier molecular flexibility index (Phi) is 4.61. The highest BCUT2D eigenvalue weighted by Gasteiger charge is 2.18. The number of amides is 1. The van der Waals surface area contributed by atoms with Gasteiger partial charge in [-0.15, -0.1) is 5.10 Å². The van der Waals surface area contributed by atoms with Crippen molar-refractivity contribution in [2.24, 2.45) is 0 Å². The molecule has 1 N–H and O–H groups in total. The van der Waals surface area contributed by atoms with Crippen molar-refractivity contribution in [3.63, 3.8) is 0 Å². The molecular formula is C16H17ClN6O. The molecule has 0 aliphatic carbocycles. The van der Waals surface area contributed by atoms with Gasteiger partial charge < -0.3 is 0 Å². The molecule has 2 aromatic heterocycles. The van der Waals surface area contributed by atoms with E-state index in [1.165, 1.54) is 0 Å². The molecule has 0 aliphatic rings. The molecular weight excluding hydrogens is 328 g/mol. The van der Waals surface area contributed by atoms with Gasteiger partial charge in [0.2, 0.25) is 5.95 Å². The smallest absolute Gasteiger partial charge is 0.251 e. The number of halogens is 1. The van der Waals surface area contributed by atoms with Crippen molar-refractivity contribution < 1.29 is 4.79 Å². The Morgan fingerprint density at radius 2 is 2.21 bits per heavy atom. The molecule has 124 valence electrons. The van der Waals surface area contributed by atoms with E-state index in [4.69, 9.17) is 11.6 Å². The molecule has 0 saturated carbocycles. The summed E-state index contributed by atoms with van der Waals surface area (Å²) in [5, 5.41) is 11.8. The summed E-state index contributed by atoms with van der Waals surface area (Å²) in [7, 11) is 0. The number of aryl methyl sites for hydroxylation is 1. The second-order valence-electron chi connectivity index (χ2n) is 5.48. The van der Waals surface area contributed by atoms with Crippen LogP contribution in [0.25, 0.3) is 0 Å². The minimum atomic E-state index is -0.445. The van der Waals surface area contributed by atoms with E-state index in [1.807, 2.05) is 37.3 Å². The van der Waals surface area contributed by atoms with Gasteiger partial charge in [0.05, 0.1) is 6.54 Å². The minimum absolute atomic E-state index is 0.220. The maximum absolute atomic E-state index is 12.3. The summed E-state index contributed by atoms with van der Waals surface area (Å²) < 4.78 is 3.30. The van der Waals surface area contributed by atoms with Crippen LogP contribution in [-0.4, -0.2) is 30.5 Å². The molecule has 0 spiro atoms. The monoisotopic (exact) mass is 344 g/mol.